The van der Waals surface area contributed by atoms with Crippen molar-refractivity contribution in [2.24, 2.45) is 5.73 Å². The lowest BCUT2D eigenvalue weighted by atomic mass is 10.2. The fraction of sp³-hybridized carbons (Fsp3) is 0.615. The summed E-state index contributed by atoms with van der Waals surface area (Å²) in [6, 6.07) is -2.30. The Labute approximate surface area is 137 Å². The van der Waals surface area contributed by atoms with E-state index in [1.54, 1.807) is 0 Å². The summed E-state index contributed by atoms with van der Waals surface area (Å²) in [4.78, 5) is 58.1. The van der Waals surface area contributed by atoms with Crippen LogP contribution >= 0.6 is 0 Å². The number of carboxylic acids is 2. The number of carbonyl (C=O) groups excluding carboxylic acids is 3. The maximum Gasteiger partial charge on any atom is 0.326 e. The summed E-state index contributed by atoms with van der Waals surface area (Å²) in [6.07, 6.45) is 0.210. The van der Waals surface area contributed by atoms with E-state index in [9.17, 15) is 24.0 Å². The number of hydrogen-bond donors (Lipinski definition) is 5. The first-order chi connectivity index (χ1) is 11.3. The number of likely N-dealkylation sites (tertiary alicyclic amines) is 1. The smallest absolute Gasteiger partial charge is 0.326 e. The van der Waals surface area contributed by atoms with E-state index >= 15 is 0 Å². The first kappa shape index (κ1) is 19.4. The molecule has 3 amide bonds. The molecule has 2 atom stereocenters. The minimum Gasteiger partial charge on any atom is -0.481 e. The second-order valence-electron chi connectivity index (χ2n) is 5.22. The molecule has 11 nitrogen and oxygen atoms in total. The molecule has 2 unspecified atom stereocenters. The number of aliphatic carboxylic acids is 2. The van der Waals surface area contributed by atoms with Crippen molar-refractivity contribution < 1.29 is 34.2 Å². The molecule has 6 N–H and O–H groups in total. The summed E-state index contributed by atoms with van der Waals surface area (Å²) in [5.74, 6) is -4.60. The van der Waals surface area contributed by atoms with Gasteiger partial charge in [-0.2, -0.15) is 0 Å². The Bertz CT molecular complexity index is 536. The number of nitrogens with zero attached hydrogens (tertiary/aromatic N) is 1. The van der Waals surface area contributed by atoms with Crippen molar-refractivity contribution in [1.82, 2.24) is 15.5 Å². The molecule has 0 radical (unpaired) electrons. The predicted octanol–water partition coefficient (Wildman–Crippen LogP) is -2.90. The van der Waals surface area contributed by atoms with Crippen LogP contribution in [0.2, 0.25) is 0 Å². The Morgan fingerprint density at radius 3 is 2.42 bits per heavy atom. The quantitative estimate of drug-likeness (QED) is 0.311. The third-order valence-electron chi connectivity index (χ3n) is 3.49. The summed E-state index contributed by atoms with van der Waals surface area (Å²) in [5, 5.41) is 22.1. The van der Waals surface area contributed by atoms with Gasteiger partial charge in [-0.3, -0.25) is 19.2 Å². The van der Waals surface area contributed by atoms with Gasteiger partial charge in [0, 0.05) is 6.54 Å². The van der Waals surface area contributed by atoms with Crippen LogP contribution in [0.3, 0.4) is 0 Å². The average Bonchev–Trinajstić information content (AvgIpc) is 3.00. The lowest BCUT2D eigenvalue weighted by molar-refractivity contribution is -0.148. The van der Waals surface area contributed by atoms with Crippen molar-refractivity contribution >= 4 is 29.7 Å². The highest BCUT2D eigenvalue weighted by Crippen LogP contribution is 2.17. The van der Waals surface area contributed by atoms with Crippen LogP contribution in [-0.2, 0) is 24.0 Å². The summed E-state index contributed by atoms with van der Waals surface area (Å²) < 4.78 is 0. The molecule has 1 aliphatic heterocycles. The lowest BCUT2D eigenvalue weighted by Crippen LogP contribution is -2.52. The molecular weight excluding hydrogens is 324 g/mol. The van der Waals surface area contributed by atoms with E-state index < -0.39 is 61.3 Å². The third-order valence-corrected chi connectivity index (χ3v) is 3.49. The summed E-state index contributed by atoms with van der Waals surface area (Å²) in [7, 11) is 0. The van der Waals surface area contributed by atoms with Gasteiger partial charge in [0.25, 0.3) is 0 Å². The fourth-order valence-electron chi connectivity index (χ4n) is 2.35. The SMILES string of the molecule is NCC(=O)NC(CC(=O)O)C(=O)NCC(=O)N1CCCC1C(=O)O. The van der Waals surface area contributed by atoms with Gasteiger partial charge in [0.2, 0.25) is 17.7 Å². The van der Waals surface area contributed by atoms with Crippen LogP contribution in [-0.4, -0.2) is 76.5 Å². The zero-order valence-corrected chi connectivity index (χ0v) is 12.9. The minimum absolute atomic E-state index is 0.272. The highest BCUT2D eigenvalue weighted by Gasteiger charge is 2.34. The number of nitrogens with one attached hydrogen (secondary N) is 2. The largest absolute Gasteiger partial charge is 0.481 e. The molecule has 11 heteroatoms. The predicted molar refractivity (Wildman–Crippen MR) is 78.6 cm³/mol. The number of amides is 3. The van der Waals surface area contributed by atoms with Crippen LogP contribution in [0.4, 0.5) is 0 Å². The molecule has 1 heterocycles. The van der Waals surface area contributed by atoms with Crippen molar-refractivity contribution in [1.29, 1.82) is 0 Å². The van der Waals surface area contributed by atoms with Crippen molar-refractivity contribution in [3.8, 4) is 0 Å². The molecule has 1 aliphatic rings. The molecule has 134 valence electrons. The first-order valence-electron chi connectivity index (χ1n) is 7.27. The van der Waals surface area contributed by atoms with E-state index in [2.05, 4.69) is 10.6 Å². The van der Waals surface area contributed by atoms with Gasteiger partial charge >= 0.3 is 11.9 Å². The molecule has 0 saturated carbocycles. The normalized spacial score (nSPS) is 17.9. The Morgan fingerprint density at radius 1 is 1.21 bits per heavy atom. The zero-order chi connectivity index (χ0) is 18.3. The van der Waals surface area contributed by atoms with Crippen molar-refractivity contribution in [2.75, 3.05) is 19.6 Å². The molecule has 0 aromatic carbocycles. The van der Waals surface area contributed by atoms with Crippen molar-refractivity contribution in [2.45, 2.75) is 31.3 Å². The van der Waals surface area contributed by atoms with Gasteiger partial charge in [0.05, 0.1) is 19.5 Å². The van der Waals surface area contributed by atoms with Crippen LogP contribution in [0.5, 0.6) is 0 Å². The second-order valence-corrected chi connectivity index (χ2v) is 5.22. The van der Waals surface area contributed by atoms with E-state index in [0.29, 0.717) is 12.8 Å². The maximum absolute atomic E-state index is 12.0. The van der Waals surface area contributed by atoms with Gasteiger partial charge in [-0.15, -0.1) is 0 Å². The third kappa shape index (κ3) is 5.50. The van der Waals surface area contributed by atoms with Gasteiger partial charge in [-0.05, 0) is 12.8 Å². The number of carboxylic acid groups (broad SMARTS) is 2. The average molecular weight is 344 g/mol. The summed E-state index contributed by atoms with van der Waals surface area (Å²) in [5.41, 5.74) is 5.09. The van der Waals surface area contributed by atoms with E-state index in [-0.39, 0.29) is 6.54 Å². The molecule has 0 spiro atoms. The van der Waals surface area contributed by atoms with Crippen LogP contribution < -0.4 is 16.4 Å². The van der Waals surface area contributed by atoms with E-state index in [1.807, 2.05) is 0 Å². The minimum atomic E-state index is -1.37. The Kier molecular flexibility index (Phi) is 7.11. The highest BCUT2D eigenvalue weighted by molar-refractivity contribution is 5.93. The van der Waals surface area contributed by atoms with Crippen LogP contribution in [0.15, 0.2) is 0 Å². The molecular formula is C13H20N4O7. The number of carbonyl (C=O) groups is 5. The molecule has 0 aliphatic carbocycles. The summed E-state index contributed by atoms with van der Waals surface area (Å²) in [6.45, 7) is -0.637. The first-order valence-corrected chi connectivity index (χ1v) is 7.27. The monoisotopic (exact) mass is 344 g/mol. The van der Waals surface area contributed by atoms with Crippen molar-refractivity contribution in [3.63, 3.8) is 0 Å². The van der Waals surface area contributed by atoms with Gasteiger partial charge in [-0.25, -0.2) is 4.79 Å². The Hall–Kier alpha value is -2.69. The molecule has 1 fully saturated rings. The maximum atomic E-state index is 12.0. The molecule has 0 aromatic rings. The van der Waals surface area contributed by atoms with Crippen LogP contribution in [0.1, 0.15) is 19.3 Å². The Balaban J connectivity index is 2.60. The van der Waals surface area contributed by atoms with Gasteiger partial charge in [0.15, 0.2) is 0 Å². The van der Waals surface area contributed by atoms with E-state index in [0.717, 1.165) is 4.90 Å². The van der Waals surface area contributed by atoms with E-state index in [1.165, 1.54) is 0 Å². The van der Waals surface area contributed by atoms with E-state index in [4.69, 9.17) is 15.9 Å². The number of nitrogens with two attached hydrogens (primary N) is 1. The van der Waals surface area contributed by atoms with Gasteiger partial charge in [0.1, 0.15) is 12.1 Å². The van der Waals surface area contributed by atoms with Crippen LogP contribution in [0.25, 0.3) is 0 Å². The number of hydrogen-bond acceptors (Lipinski definition) is 6. The Morgan fingerprint density at radius 2 is 1.88 bits per heavy atom. The number of rotatable bonds is 8. The zero-order valence-electron chi connectivity index (χ0n) is 12.9. The molecule has 0 bridgehead atoms. The lowest BCUT2D eigenvalue weighted by Gasteiger charge is -2.22. The fourth-order valence-corrected chi connectivity index (χ4v) is 2.35. The molecule has 1 saturated heterocycles. The van der Waals surface area contributed by atoms with Gasteiger partial charge < -0.3 is 31.5 Å². The standard InChI is InChI=1S/C13H20N4O7/c14-5-9(18)16-7(4-11(20)21)12(22)15-6-10(19)17-3-1-2-8(17)13(23)24/h7-8H,1-6,14H2,(H,15,22)(H,16,18)(H,20,21)(H,23,24). The van der Waals surface area contributed by atoms with Crippen LogP contribution in [0, 0.1) is 0 Å². The molecule has 0 aromatic heterocycles. The van der Waals surface area contributed by atoms with Crippen molar-refractivity contribution in [3.05, 3.63) is 0 Å². The van der Waals surface area contributed by atoms with Gasteiger partial charge in [-0.1, -0.05) is 0 Å². The topological polar surface area (TPSA) is 179 Å². The highest BCUT2D eigenvalue weighted by atomic mass is 16.4. The second kappa shape index (κ2) is 8.82. The summed E-state index contributed by atoms with van der Waals surface area (Å²) >= 11 is 0. The molecule has 1 rings (SSSR count). The molecule has 24 heavy (non-hydrogen) atoms.